The van der Waals surface area contributed by atoms with Gasteiger partial charge in [-0.15, -0.1) is 0 Å². The highest BCUT2D eigenvalue weighted by atomic mass is 15.1. The van der Waals surface area contributed by atoms with Crippen LogP contribution >= 0.6 is 0 Å². The summed E-state index contributed by atoms with van der Waals surface area (Å²) in [7, 11) is 0. The number of hydrogen-bond acceptors (Lipinski definition) is 1. The van der Waals surface area contributed by atoms with Crippen molar-refractivity contribution >= 4 is 5.71 Å². The topological polar surface area (TPSA) is 17.3 Å². The normalized spacial score (nSPS) is 16.6. The van der Waals surface area contributed by atoms with Gasteiger partial charge in [0.15, 0.2) is 0 Å². The van der Waals surface area contributed by atoms with Crippen LogP contribution in [-0.4, -0.2) is 16.8 Å². The summed E-state index contributed by atoms with van der Waals surface area (Å²) < 4.78 is 2.47. The molecule has 1 aromatic heterocycles. The van der Waals surface area contributed by atoms with Crippen LogP contribution in [0.3, 0.4) is 0 Å². The molecular formula is C16H16N2. The molecule has 0 saturated heterocycles. The number of benzene rings is 1. The zero-order valence-electron chi connectivity index (χ0n) is 10.6. The van der Waals surface area contributed by atoms with E-state index in [0.29, 0.717) is 0 Å². The molecule has 90 valence electrons. The van der Waals surface area contributed by atoms with Crippen LogP contribution in [0.4, 0.5) is 0 Å². The molecule has 1 aromatic carbocycles. The average molecular weight is 236 g/mol. The lowest BCUT2D eigenvalue weighted by atomic mass is 9.90. The second-order valence-electron chi connectivity index (χ2n) is 5.18. The van der Waals surface area contributed by atoms with E-state index in [4.69, 9.17) is 0 Å². The van der Waals surface area contributed by atoms with Gasteiger partial charge in [0.1, 0.15) is 0 Å². The lowest BCUT2D eigenvalue weighted by molar-refractivity contribution is 0.691. The molecule has 1 aliphatic heterocycles. The van der Waals surface area contributed by atoms with Gasteiger partial charge in [-0.1, -0.05) is 24.3 Å². The number of aliphatic imine (C=N–C) groups is 1. The number of fused-ring (bicyclic) bond motifs is 5. The first-order valence-electron chi connectivity index (χ1n) is 6.67. The number of aromatic nitrogens is 1. The quantitative estimate of drug-likeness (QED) is 0.669. The second kappa shape index (κ2) is 3.58. The number of hydrogen-bond donors (Lipinski definition) is 0. The Labute approximate surface area is 107 Å². The van der Waals surface area contributed by atoms with Crippen molar-refractivity contribution in [3.63, 3.8) is 0 Å². The Morgan fingerprint density at radius 2 is 1.94 bits per heavy atom. The molecule has 0 amide bonds. The molecule has 0 radical (unpaired) electrons. The van der Waals surface area contributed by atoms with E-state index in [9.17, 15) is 0 Å². The summed E-state index contributed by atoms with van der Waals surface area (Å²) in [6.07, 6.45) is 2.34. The van der Waals surface area contributed by atoms with Crippen LogP contribution in [0.25, 0.3) is 11.3 Å². The number of nitrogens with zero attached hydrogens (tertiary/aromatic N) is 2. The van der Waals surface area contributed by atoms with Gasteiger partial charge in [-0.05, 0) is 37.0 Å². The molecule has 2 heterocycles. The Morgan fingerprint density at radius 3 is 2.89 bits per heavy atom. The lowest BCUT2D eigenvalue weighted by Crippen LogP contribution is -2.17. The van der Waals surface area contributed by atoms with Gasteiger partial charge in [-0.3, -0.25) is 4.99 Å². The minimum absolute atomic E-state index is 0.919. The van der Waals surface area contributed by atoms with Crippen molar-refractivity contribution in [1.29, 1.82) is 0 Å². The Hall–Kier alpha value is -1.83. The van der Waals surface area contributed by atoms with Gasteiger partial charge in [0, 0.05) is 12.1 Å². The Kier molecular flexibility index (Phi) is 2.01. The van der Waals surface area contributed by atoms with Crippen LogP contribution in [0.15, 0.2) is 35.3 Å². The zero-order valence-corrected chi connectivity index (χ0v) is 10.6. The van der Waals surface area contributed by atoms with Crippen molar-refractivity contribution in [3.05, 3.63) is 47.2 Å². The standard InChI is InChI=1S/C16H16N2/c1-11-15-10-13-7-6-12-4-2-3-5-14(12)16(13)18(15)9-8-17-11/h2-5,10H,6-9H2,1H3. The van der Waals surface area contributed by atoms with Crippen LogP contribution in [0.2, 0.25) is 0 Å². The molecule has 2 aliphatic rings. The van der Waals surface area contributed by atoms with Gasteiger partial charge in [0.2, 0.25) is 0 Å². The van der Waals surface area contributed by atoms with E-state index >= 15 is 0 Å². The van der Waals surface area contributed by atoms with Gasteiger partial charge in [0.05, 0.1) is 23.6 Å². The van der Waals surface area contributed by atoms with E-state index in [1.54, 1.807) is 0 Å². The van der Waals surface area contributed by atoms with Crippen molar-refractivity contribution in [2.24, 2.45) is 4.99 Å². The fourth-order valence-electron chi connectivity index (χ4n) is 3.28. The predicted octanol–water partition coefficient (Wildman–Crippen LogP) is 3.08. The summed E-state index contributed by atoms with van der Waals surface area (Å²) in [5.41, 5.74) is 8.38. The highest BCUT2D eigenvalue weighted by molar-refractivity contribution is 5.99. The van der Waals surface area contributed by atoms with Crippen LogP contribution in [0, 0.1) is 0 Å². The van der Waals surface area contributed by atoms with Crippen molar-refractivity contribution < 1.29 is 0 Å². The summed E-state index contributed by atoms with van der Waals surface area (Å²) in [6, 6.07) is 11.2. The van der Waals surface area contributed by atoms with Gasteiger partial charge in [0.25, 0.3) is 0 Å². The molecule has 4 rings (SSSR count). The van der Waals surface area contributed by atoms with Gasteiger partial charge in [-0.2, -0.15) is 0 Å². The zero-order chi connectivity index (χ0) is 12.1. The fraction of sp³-hybridized carbons (Fsp3) is 0.312. The van der Waals surface area contributed by atoms with Crippen LogP contribution in [0.5, 0.6) is 0 Å². The molecule has 0 N–H and O–H groups in total. The Balaban J connectivity index is 2.02. The van der Waals surface area contributed by atoms with Crippen molar-refractivity contribution in [1.82, 2.24) is 4.57 Å². The smallest absolute Gasteiger partial charge is 0.0626 e. The highest BCUT2D eigenvalue weighted by Gasteiger charge is 2.24. The van der Waals surface area contributed by atoms with Gasteiger partial charge in [-0.25, -0.2) is 0 Å². The summed E-state index contributed by atoms with van der Waals surface area (Å²) in [5, 5.41) is 0. The van der Waals surface area contributed by atoms with Gasteiger partial charge < -0.3 is 4.57 Å². The Morgan fingerprint density at radius 1 is 1.11 bits per heavy atom. The molecule has 18 heavy (non-hydrogen) atoms. The fourth-order valence-corrected chi connectivity index (χ4v) is 3.28. The highest BCUT2D eigenvalue weighted by Crippen LogP contribution is 2.36. The molecule has 2 heteroatoms. The van der Waals surface area contributed by atoms with E-state index in [0.717, 1.165) is 13.1 Å². The first-order valence-corrected chi connectivity index (χ1v) is 6.67. The Bertz CT molecular complexity index is 662. The summed E-state index contributed by atoms with van der Waals surface area (Å²) in [5.74, 6) is 0. The van der Waals surface area contributed by atoms with E-state index in [2.05, 4.69) is 46.8 Å². The lowest BCUT2D eigenvalue weighted by Gasteiger charge is -2.21. The SMILES string of the molecule is CC1=NCCn2c1cc1c2-c2ccccc2CC1. The molecule has 0 saturated carbocycles. The van der Waals surface area contributed by atoms with Crippen LogP contribution in [-0.2, 0) is 19.4 Å². The van der Waals surface area contributed by atoms with E-state index in [1.165, 1.54) is 46.6 Å². The summed E-state index contributed by atoms with van der Waals surface area (Å²) >= 11 is 0. The van der Waals surface area contributed by atoms with Crippen molar-refractivity contribution in [3.8, 4) is 11.3 Å². The molecule has 0 atom stereocenters. The molecule has 0 bridgehead atoms. The third-order valence-corrected chi connectivity index (χ3v) is 4.16. The van der Waals surface area contributed by atoms with Crippen LogP contribution in [0.1, 0.15) is 23.7 Å². The van der Waals surface area contributed by atoms with Crippen molar-refractivity contribution in [2.45, 2.75) is 26.3 Å². The third-order valence-electron chi connectivity index (χ3n) is 4.16. The summed E-state index contributed by atoms with van der Waals surface area (Å²) in [4.78, 5) is 4.57. The molecular weight excluding hydrogens is 220 g/mol. The monoisotopic (exact) mass is 236 g/mol. The molecule has 0 spiro atoms. The van der Waals surface area contributed by atoms with Gasteiger partial charge >= 0.3 is 0 Å². The van der Waals surface area contributed by atoms with Crippen LogP contribution < -0.4 is 0 Å². The molecule has 2 aromatic rings. The maximum absolute atomic E-state index is 4.57. The average Bonchev–Trinajstić information content (AvgIpc) is 2.79. The number of aryl methyl sites for hydroxylation is 2. The first kappa shape index (κ1) is 10.1. The number of rotatable bonds is 0. The van der Waals surface area contributed by atoms with E-state index in [1.807, 2.05) is 0 Å². The minimum Gasteiger partial charge on any atom is -0.337 e. The minimum atomic E-state index is 0.919. The maximum atomic E-state index is 4.57. The third kappa shape index (κ3) is 1.26. The molecule has 2 nitrogen and oxygen atoms in total. The summed E-state index contributed by atoms with van der Waals surface area (Å²) in [6.45, 7) is 4.07. The largest absolute Gasteiger partial charge is 0.337 e. The van der Waals surface area contributed by atoms with E-state index in [-0.39, 0.29) is 0 Å². The maximum Gasteiger partial charge on any atom is 0.0626 e. The molecule has 0 unspecified atom stereocenters. The second-order valence-corrected chi connectivity index (χ2v) is 5.18. The van der Waals surface area contributed by atoms with E-state index < -0.39 is 0 Å². The molecule has 1 aliphatic carbocycles. The first-order chi connectivity index (χ1) is 8.84. The predicted molar refractivity (Wildman–Crippen MR) is 74.4 cm³/mol. The van der Waals surface area contributed by atoms with Crippen molar-refractivity contribution in [2.75, 3.05) is 6.54 Å². The molecule has 0 fully saturated rings.